The minimum absolute atomic E-state index is 0.127. The molecule has 0 spiro atoms. The van der Waals surface area contributed by atoms with Gasteiger partial charge < -0.3 is 20.3 Å². The first-order valence-corrected chi connectivity index (χ1v) is 7.98. The first kappa shape index (κ1) is 15.8. The molecule has 6 nitrogen and oxygen atoms in total. The number of nitrogens with zero attached hydrogens (tertiary/aromatic N) is 3. The summed E-state index contributed by atoms with van der Waals surface area (Å²) in [5.74, 6) is 0.785. The Morgan fingerprint density at radius 3 is 2.78 bits per heavy atom. The Morgan fingerprint density at radius 1 is 1.43 bits per heavy atom. The Labute approximate surface area is 135 Å². The van der Waals surface area contributed by atoms with E-state index in [1.807, 2.05) is 37.6 Å². The molecule has 6 heteroatoms. The van der Waals surface area contributed by atoms with Gasteiger partial charge in [0.25, 0.3) is 0 Å². The highest BCUT2D eigenvalue weighted by atomic mass is 16.3. The Morgan fingerprint density at radius 2 is 2.17 bits per heavy atom. The lowest BCUT2D eigenvalue weighted by Gasteiger charge is -2.23. The number of likely N-dealkylation sites (N-methyl/N-ethyl adjacent to an activating group) is 1. The van der Waals surface area contributed by atoms with E-state index in [1.165, 1.54) is 0 Å². The predicted octanol–water partition coefficient (Wildman–Crippen LogP) is 1.58. The smallest absolute Gasteiger partial charge is 0.228 e. The van der Waals surface area contributed by atoms with E-state index in [0.29, 0.717) is 18.9 Å². The highest BCUT2D eigenvalue weighted by Gasteiger charge is 2.46. The van der Waals surface area contributed by atoms with Gasteiger partial charge in [-0.1, -0.05) is 19.9 Å². The molecular formula is C17H24N4O2. The van der Waals surface area contributed by atoms with Crippen LogP contribution in [0.3, 0.4) is 0 Å². The normalized spacial score (nSPS) is 20.6. The lowest BCUT2D eigenvalue weighted by atomic mass is 9.77. The van der Waals surface area contributed by atoms with Crippen LogP contribution in [0.25, 0.3) is 11.0 Å². The van der Waals surface area contributed by atoms with Gasteiger partial charge in [0.05, 0.1) is 16.4 Å². The van der Waals surface area contributed by atoms with E-state index in [2.05, 4.69) is 11.1 Å². The number of hydrogen-bond donors (Lipinski definition) is 2. The summed E-state index contributed by atoms with van der Waals surface area (Å²) in [5, 5.41) is 9.01. The van der Waals surface area contributed by atoms with Crippen molar-refractivity contribution in [2.45, 2.75) is 32.7 Å². The molecule has 1 aliphatic rings. The predicted molar refractivity (Wildman–Crippen MR) is 90.0 cm³/mol. The summed E-state index contributed by atoms with van der Waals surface area (Å²) in [7, 11) is 1.85. The molecule has 1 saturated heterocycles. The topological polar surface area (TPSA) is 84.4 Å². The van der Waals surface area contributed by atoms with Crippen LogP contribution in [0.1, 0.15) is 31.7 Å². The number of hydrogen-bond acceptors (Lipinski definition) is 4. The van der Waals surface area contributed by atoms with Crippen LogP contribution < -0.4 is 5.73 Å². The molecule has 124 valence electrons. The van der Waals surface area contributed by atoms with Crippen LogP contribution in [-0.4, -0.2) is 45.7 Å². The summed E-state index contributed by atoms with van der Waals surface area (Å²) >= 11 is 0. The number of carbonyl (C=O) groups is 1. The third kappa shape index (κ3) is 2.47. The van der Waals surface area contributed by atoms with E-state index < -0.39 is 5.41 Å². The number of likely N-dealkylation sites (tertiary alicyclic amines) is 1. The first-order chi connectivity index (χ1) is 10.9. The maximum absolute atomic E-state index is 12.3. The zero-order chi connectivity index (χ0) is 16.8. The minimum Gasteiger partial charge on any atom is -0.396 e. The zero-order valence-corrected chi connectivity index (χ0v) is 13.9. The van der Waals surface area contributed by atoms with Crippen LogP contribution in [0.4, 0.5) is 5.95 Å². The van der Waals surface area contributed by atoms with Crippen LogP contribution in [0.2, 0.25) is 0 Å². The SMILES string of the molecule is CN1CC(c2ccc3c(c2)nc(N)n3CCCO)C(C)(C)C1=O. The summed E-state index contributed by atoms with van der Waals surface area (Å²) in [6, 6.07) is 6.13. The van der Waals surface area contributed by atoms with Gasteiger partial charge in [0.1, 0.15) is 0 Å². The van der Waals surface area contributed by atoms with Crippen LogP contribution in [0.15, 0.2) is 18.2 Å². The molecule has 3 N–H and O–H groups in total. The van der Waals surface area contributed by atoms with Crippen molar-refractivity contribution >= 4 is 22.9 Å². The maximum atomic E-state index is 12.3. The molecule has 2 aromatic rings. The number of carbonyl (C=O) groups excluding carboxylic acids is 1. The molecule has 1 fully saturated rings. The van der Waals surface area contributed by atoms with Gasteiger partial charge in [-0.3, -0.25) is 4.79 Å². The quantitative estimate of drug-likeness (QED) is 0.897. The molecule has 1 aromatic heterocycles. The maximum Gasteiger partial charge on any atom is 0.228 e. The van der Waals surface area contributed by atoms with Crippen molar-refractivity contribution in [2.75, 3.05) is 25.9 Å². The van der Waals surface area contributed by atoms with Crippen molar-refractivity contribution in [3.63, 3.8) is 0 Å². The van der Waals surface area contributed by atoms with Crippen molar-refractivity contribution in [3.8, 4) is 0 Å². The van der Waals surface area contributed by atoms with Gasteiger partial charge in [-0.25, -0.2) is 4.98 Å². The van der Waals surface area contributed by atoms with E-state index in [1.54, 1.807) is 4.90 Å². The number of aliphatic hydroxyl groups is 1. The van der Waals surface area contributed by atoms with Gasteiger partial charge in [0.15, 0.2) is 0 Å². The Balaban J connectivity index is 2.00. The van der Waals surface area contributed by atoms with Crippen molar-refractivity contribution in [3.05, 3.63) is 23.8 Å². The molecule has 0 radical (unpaired) electrons. The fourth-order valence-corrected chi connectivity index (χ4v) is 3.59. The molecule has 0 bridgehead atoms. The van der Waals surface area contributed by atoms with Gasteiger partial charge in [-0.05, 0) is 24.1 Å². The van der Waals surface area contributed by atoms with Crippen LogP contribution in [0, 0.1) is 5.41 Å². The summed E-state index contributed by atoms with van der Waals surface area (Å²) in [6.07, 6.45) is 0.645. The zero-order valence-electron chi connectivity index (χ0n) is 13.9. The van der Waals surface area contributed by atoms with E-state index in [0.717, 1.165) is 23.1 Å². The lowest BCUT2D eigenvalue weighted by molar-refractivity contribution is -0.133. The van der Waals surface area contributed by atoms with Gasteiger partial charge in [0.2, 0.25) is 11.9 Å². The third-order valence-corrected chi connectivity index (χ3v) is 4.97. The average Bonchev–Trinajstić information content (AvgIpc) is 2.93. The number of benzene rings is 1. The minimum atomic E-state index is -0.409. The lowest BCUT2D eigenvalue weighted by Crippen LogP contribution is -2.28. The fraction of sp³-hybridized carbons (Fsp3) is 0.529. The van der Waals surface area contributed by atoms with E-state index in [-0.39, 0.29) is 18.4 Å². The van der Waals surface area contributed by atoms with Crippen LogP contribution >= 0.6 is 0 Å². The molecule has 1 atom stereocenters. The van der Waals surface area contributed by atoms with Gasteiger partial charge in [0, 0.05) is 32.7 Å². The monoisotopic (exact) mass is 316 g/mol. The molecule has 1 amide bonds. The van der Waals surface area contributed by atoms with Crippen molar-refractivity contribution in [1.82, 2.24) is 14.5 Å². The van der Waals surface area contributed by atoms with E-state index >= 15 is 0 Å². The first-order valence-electron chi connectivity index (χ1n) is 7.98. The summed E-state index contributed by atoms with van der Waals surface area (Å²) in [6.45, 7) is 5.50. The van der Waals surface area contributed by atoms with E-state index in [9.17, 15) is 4.79 Å². The highest BCUT2D eigenvalue weighted by Crippen LogP contribution is 2.43. The number of aliphatic hydroxyl groups excluding tert-OH is 1. The summed E-state index contributed by atoms with van der Waals surface area (Å²) in [4.78, 5) is 18.6. The van der Waals surface area contributed by atoms with Crippen LogP contribution in [-0.2, 0) is 11.3 Å². The number of imidazole rings is 1. The average molecular weight is 316 g/mol. The molecule has 23 heavy (non-hydrogen) atoms. The highest BCUT2D eigenvalue weighted by molar-refractivity contribution is 5.86. The molecule has 1 aliphatic heterocycles. The molecule has 0 saturated carbocycles. The third-order valence-electron chi connectivity index (χ3n) is 4.97. The van der Waals surface area contributed by atoms with E-state index in [4.69, 9.17) is 10.8 Å². The number of nitrogen functional groups attached to an aromatic ring is 1. The molecule has 0 aliphatic carbocycles. The second-order valence-electron chi connectivity index (χ2n) is 6.91. The molecular weight excluding hydrogens is 292 g/mol. The number of rotatable bonds is 4. The number of aromatic nitrogens is 2. The number of nitrogens with two attached hydrogens (primary N) is 1. The van der Waals surface area contributed by atoms with Crippen molar-refractivity contribution in [1.29, 1.82) is 0 Å². The molecule has 2 heterocycles. The molecule has 3 rings (SSSR count). The fourth-order valence-electron chi connectivity index (χ4n) is 3.59. The van der Waals surface area contributed by atoms with Gasteiger partial charge in [-0.2, -0.15) is 0 Å². The van der Waals surface area contributed by atoms with Crippen molar-refractivity contribution < 1.29 is 9.90 Å². The Hall–Kier alpha value is -2.08. The summed E-state index contributed by atoms with van der Waals surface area (Å²) < 4.78 is 1.92. The van der Waals surface area contributed by atoms with Crippen LogP contribution in [0.5, 0.6) is 0 Å². The van der Waals surface area contributed by atoms with Gasteiger partial charge >= 0.3 is 0 Å². The number of fused-ring (bicyclic) bond motifs is 1. The van der Waals surface area contributed by atoms with Crippen molar-refractivity contribution in [2.24, 2.45) is 5.41 Å². The molecule has 1 aromatic carbocycles. The summed E-state index contributed by atoms with van der Waals surface area (Å²) in [5.41, 5.74) is 8.52. The Kier molecular flexibility index (Phi) is 3.80. The second kappa shape index (κ2) is 5.53. The standard InChI is InChI=1S/C17H24N4O2/c1-17(2)12(10-20(3)15(17)23)11-5-6-14-13(9-11)19-16(18)21(14)7-4-8-22/h5-6,9,12,22H,4,7-8,10H2,1-3H3,(H2,18,19). The molecule has 1 unspecified atom stereocenters. The van der Waals surface area contributed by atoms with Gasteiger partial charge in [-0.15, -0.1) is 0 Å². The second-order valence-corrected chi connectivity index (χ2v) is 6.91. The number of anilines is 1. The number of amides is 1. The largest absolute Gasteiger partial charge is 0.396 e. The Bertz CT molecular complexity index is 750. The number of aryl methyl sites for hydroxylation is 1.